The molecule has 0 spiro atoms. The Morgan fingerprint density at radius 1 is 1.41 bits per heavy atom. The molecule has 0 radical (unpaired) electrons. The molecular formula is C10H16N2O3S2. The molecule has 1 amide bonds. The Bertz CT molecular complexity index is 452. The van der Waals surface area contributed by atoms with Crippen molar-refractivity contribution in [1.82, 2.24) is 10.0 Å². The highest BCUT2D eigenvalue weighted by Crippen LogP contribution is 2.14. The van der Waals surface area contributed by atoms with Gasteiger partial charge < -0.3 is 5.32 Å². The number of carbonyl (C=O) groups is 1. The standard InChI is InChI=1S/C10H16N2O3S2/c1-8(2)10(13)11-5-6-12-17(14,15)9-4-3-7-16-9/h3-4,7-8,12H,5-6H2,1-2H3,(H,11,13). The van der Waals surface area contributed by atoms with E-state index in [1.165, 1.54) is 0 Å². The SMILES string of the molecule is CC(C)C(=O)NCCNS(=O)(=O)c1cccs1. The Labute approximate surface area is 105 Å². The van der Waals surface area contributed by atoms with E-state index in [0.29, 0.717) is 6.54 Å². The average Bonchev–Trinajstić information content (AvgIpc) is 2.77. The number of sulfonamides is 1. The molecule has 0 aliphatic carbocycles. The maximum atomic E-state index is 11.7. The number of thiophene rings is 1. The van der Waals surface area contributed by atoms with E-state index < -0.39 is 10.0 Å². The number of carbonyl (C=O) groups excluding carboxylic acids is 1. The third-order valence-corrected chi connectivity index (χ3v) is 4.86. The van der Waals surface area contributed by atoms with E-state index in [9.17, 15) is 13.2 Å². The lowest BCUT2D eigenvalue weighted by Gasteiger charge is -2.08. The van der Waals surface area contributed by atoms with Crippen molar-refractivity contribution < 1.29 is 13.2 Å². The molecule has 1 aromatic rings. The Kier molecular flexibility index (Phi) is 5.10. The van der Waals surface area contributed by atoms with Gasteiger partial charge in [-0.3, -0.25) is 4.79 Å². The molecule has 2 N–H and O–H groups in total. The lowest BCUT2D eigenvalue weighted by Crippen LogP contribution is -2.36. The zero-order valence-electron chi connectivity index (χ0n) is 9.76. The van der Waals surface area contributed by atoms with Crippen LogP contribution in [0.4, 0.5) is 0 Å². The smallest absolute Gasteiger partial charge is 0.250 e. The van der Waals surface area contributed by atoms with Gasteiger partial charge in [0.2, 0.25) is 15.9 Å². The van der Waals surface area contributed by atoms with Gasteiger partial charge in [0.1, 0.15) is 4.21 Å². The van der Waals surface area contributed by atoms with Gasteiger partial charge in [0, 0.05) is 19.0 Å². The van der Waals surface area contributed by atoms with Crippen LogP contribution in [0.3, 0.4) is 0 Å². The summed E-state index contributed by atoms with van der Waals surface area (Å²) in [4.78, 5) is 11.2. The predicted octanol–water partition coefficient (Wildman–Crippen LogP) is 0.799. The lowest BCUT2D eigenvalue weighted by atomic mass is 10.2. The van der Waals surface area contributed by atoms with E-state index in [1.807, 2.05) is 0 Å². The predicted molar refractivity (Wildman–Crippen MR) is 67.4 cm³/mol. The van der Waals surface area contributed by atoms with Crippen LogP contribution >= 0.6 is 11.3 Å². The first-order valence-corrected chi connectivity index (χ1v) is 7.60. The summed E-state index contributed by atoms with van der Waals surface area (Å²) in [5.74, 6) is -0.177. The molecule has 96 valence electrons. The third kappa shape index (κ3) is 4.45. The minimum absolute atomic E-state index is 0.0830. The zero-order chi connectivity index (χ0) is 12.9. The zero-order valence-corrected chi connectivity index (χ0v) is 11.4. The van der Waals surface area contributed by atoms with Gasteiger partial charge in [0.15, 0.2) is 0 Å². The van der Waals surface area contributed by atoms with Crippen LogP contribution in [0.15, 0.2) is 21.7 Å². The minimum atomic E-state index is -3.42. The summed E-state index contributed by atoms with van der Waals surface area (Å²) in [6.07, 6.45) is 0. The molecule has 0 saturated heterocycles. The summed E-state index contributed by atoms with van der Waals surface area (Å²) in [5.41, 5.74) is 0. The van der Waals surface area contributed by atoms with Gasteiger partial charge in [-0.25, -0.2) is 13.1 Å². The number of hydrogen-bond acceptors (Lipinski definition) is 4. The van der Waals surface area contributed by atoms with E-state index in [-0.39, 0.29) is 22.6 Å². The summed E-state index contributed by atoms with van der Waals surface area (Å²) in [7, 11) is -3.42. The monoisotopic (exact) mass is 276 g/mol. The Morgan fingerprint density at radius 2 is 2.12 bits per heavy atom. The fourth-order valence-electron chi connectivity index (χ4n) is 1.06. The van der Waals surface area contributed by atoms with Crippen molar-refractivity contribution in [2.75, 3.05) is 13.1 Å². The second kappa shape index (κ2) is 6.13. The quantitative estimate of drug-likeness (QED) is 0.755. The molecule has 17 heavy (non-hydrogen) atoms. The van der Waals surface area contributed by atoms with Gasteiger partial charge in [0.25, 0.3) is 0 Å². The van der Waals surface area contributed by atoms with E-state index >= 15 is 0 Å². The molecule has 0 aromatic carbocycles. The molecule has 0 bridgehead atoms. The molecule has 0 fully saturated rings. The highest BCUT2D eigenvalue weighted by atomic mass is 32.2. The van der Waals surface area contributed by atoms with E-state index in [2.05, 4.69) is 10.0 Å². The van der Waals surface area contributed by atoms with Gasteiger partial charge in [-0.05, 0) is 11.4 Å². The summed E-state index contributed by atoms with van der Waals surface area (Å²) in [5, 5.41) is 4.34. The molecular weight excluding hydrogens is 260 g/mol. The van der Waals surface area contributed by atoms with Crippen LogP contribution < -0.4 is 10.0 Å². The van der Waals surface area contributed by atoms with Crippen LogP contribution in [-0.4, -0.2) is 27.4 Å². The molecule has 1 heterocycles. The molecule has 7 heteroatoms. The second-order valence-electron chi connectivity index (χ2n) is 3.78. The Hall–Kier alpha value is -0.920. The second-order valence-corrected chi connectivity index (χ2v) is 6.72. The van der Waals surface area contributed by atoms with Gasteiger partial charge in [-0.15, -0.1) is 11.3 Å². The average molecular weight is 276 g/mol. The Morgan fingerprint density at radius 3 is 2.65 bits per heavy atom. The first-order valence-electron chi connectivity index (χ1n) is 5.24. The van der Waals surface area contributed by atoms with Crippen LogP contribution in [0.2, 0.25) is 0 Å². The topological polar surface area (TPSA) is 75.3 Å². The van der Waals surface area contributed by atoms with Gasteiger partial charge in [-0.1, -0.05) is 19.9 Å². The largest absolute Gasteiger partial charge is 0.355 e. The van der Waals surface area contributed by atoms with Crippen LogP contribution in [-0.2, 0) is 14.8 Å². The van der Waals surface area contributed by atoms with Crippen molar-refractivity contribution in [3.63, 3.8) is 0 Å². The minimum Gasteiger partial charge on any atom is -0.355 e. The van der Waals surface area contributed by atoms with Crippen molar-refractivity contribution in [3.05, 3.63) is 17.5 Å². The highest BCUT2D eigenvalue weighted by Gasteiger charge is 2.14. The van der Waals surface area contributed by atoms with E-state index in [4.69, 9.17) is 0 Å². The first kappa shape index (κ1) is 14.1. The van der Waals surface area contributed by atoms with E-state index in [1.54, 1.807) is 31.4 Å². The summed E-state index contributed by atoms with van der Waals surface area (Å²) < 4.78 is 26.0. The lowest BCUT2D eigenvalue weighted by molar-refractivity contribution is -0.123. The van der Waals surface area contributed by atoms with Crippen LogP contribution in [0.1, 0.15) is 13.8 Å². The number of amides is 1. The molecule has 0 aliphatic rings. The van der Waals surface area contributed by atoms with Crippen LogP contribution in [0.25, 0.3) is 0 Å². The van der Waals surface area contributed by atoms with Crippen molar-refractivity contribution >= 4 is 27.3 Å². The first-order chi connectivity index (χ1) is 7.93. The molecule has 1 rings (SSSR count). The van der Waals surface area contributed by atoms with Crippen LogP contribution in [0.5, 0.6) is 0 Å². The van der Waals surface area contributed by atoms with Crippen molar-refractivity contribution in [2.45, 2.75) is 18.1 Å². The maximum Gasteiger partial charge on any atom is 0.250 e. The summed E-state index contributed by atoms with van der Waals surface area (Å²) >= 11 is 1.16. The highest BCUT2D eigenvalue weighted by molar-refractivity contribution is 7.91. The Balaban J connectivity index is 2.35. The van der Waals surface area contributed by atoms with Gasteiger partial charge in [0.05, 0.1) is 0 Å². The van der Waals surface area contributed by atoms with Crippen molar-refractivity contribution in [2.24, 2.45) is 5.92 Å². The molecule has 0 saturated carbocycles. The van der Waals surface area contributed by atoms with Crippen molar-refractivity contribution in [1.29, 1.82) is 0 Å². The number of rotatable bonds is 6. The fraction of sp³-hybridized carbons (Fsp3) is 0.500. The third-order valence-electron chi connectivity index (χ3n) is 2.00. The van der Waals surface area contributed by atoms with Gasteiger partial charge in [-0.2, -0.15) is 0 Å². The molecule has 0 unspecified atom stereocenters. The number of hydrogen-bond donors (Lipinski definition) is 2. The fourth-order valence-corrected chi connectivity index (χ4v) is 3.13. The molecule has 1 aromatic heterocycles. The maximum absolute atomic E-state index is 11.7. The summed E-state index contributed by atoms with van der Waals surface area (Å²) in [6.45, 7) is 4.05. The number of nitrogens with one attached hydrogen (secondary N) is 2. The van der Waals surface area contributed by atoms with Crippen LogP contribution in [0, 0.1) is 5.92 Å². The van der Waals surface area contributed by atoms with Gasteiger partial charge >= 0.3 is 0 Å². The van der Waals surface area contributed by atoms with Crippen molar-refractivity contribution in [3.8, 4) is 0 Å². The molecule has 0 aliphatic heterocycles. The molecule has 0 atom stereocenters. The summed E-state index contributed by atoms with van der Waals surface area (Å²) in [6, 6.07) is 3.22. The normalized spacial score (nSPS) is 11.7. The molecule has 5 nitrogen and oxygen atoms in total. The van der Waals surface area contributed by atoms with E-state index in [0.717, 1.165) is 11.3 Å².